The van der Waals surface area contributed by atoms with Crippen LogP contribution in [-0.2, 0) is 0 Å². The van der Waals surface area contributed by atoms with Gasteiger partial charge in [0.05, 0.1) is 11.2 Å². The van der Waals surface area contributed by atoms with Gasteiger partial charge < -0.3 is 4.74 Å². The lowest BCUT2D eigenvalue weighted by molar-refractivity contribution is 0.475. The van der Waals surface area contributed by atoms with Gasteiger partial charge in [0.25, 0.3) is 0 Å². The number of hydrogen-bond acceptors (Lipinski definition) is 2. The van der Waals surface area contributed by atoms with Gasteiger partial charge in [0.15, 0.2) is 11.5 Å². The van der Waals surface area contributed by atoms with Crippen LogP contribution in [0, 0.1) is 6.92 Å². The Balaban J connectivity index is 1.27. The predicted molar refractivity (Wildman–Crippen MR) is 195 cm³/mol. The molecule has 0 N–H and O–H groups in total. The highest BCUT2D eigenvalue weighted by molar-refractivity contribution is 6.24. The van der Waals surface area contributed by atoms with Crippen molar-refractivity contribution in [2.45, 2.75) is 6.92 Å². The first-order valence-corrected chi connectivity index (χ1v) is 16.1. The van der Waals surface area contributed by atoms with E-state index in [1.54, 1.807) is 0 Å². The average Bonchev–Trinajstić information content (AvgIpc) is 3.47. The molecule has 8 aromatic carbocycles. The van der Waals surface area contributed by atoms with Gasteiger partial charge in [-0.15, -0.1) is 0 Å². The molecule has 2 heterocycles. The van der Waals surface area contributed by atoms with Crippen molar-refractivity contribution in [1.82, 2.24) is 9.55 Å². The fourth-order valence-corrected chi connectivity index (χ4v) is 7.67. The third-order valence-electron chi connectivity index (χ3n) is 9.71. The molecule has 0 unspecified atom stereocenters. The Morgan fingerprint density at radius 2 is 1.17 bits per heavy atom. The van der Waals surface area contributed by atoms with Crippen LogP contribution in [0.15, 0.2) is 152 Å². The summed E-state index contributed by atoms with van der Waals surface area (Å²) in [6.45, 7) is 2.06. The van der Waals surface area contributed by atoms with Crippen LogP contribution in [0.5, 0.6) is 11.5 Å². The van der Waals surface area contributed by atoms with Gasteiger partial charge in [-0.25, -0.2) is 4.98 Å². The van der Waals surface area contributed by atoms with Crippen LogP contribution in [0.4, 0.5) is 0 Å². The summed E-state index contributed by atoms with van der Waals surface area (Å²) >= 11 is 0. The zero-order chi connectivity index (χ0) is 31.1. The van der Waals surface area contributed by atoms with E-state index in [-0.39, 0.29) is 0 Å². The molecular formula is C44H28N2O. The largest absolute Gasteiger partial charge is 0.453 e. The van der Waals surface area contributed by atoms with E-state index in [4.69, 9.17) is 9.72 Å². The summed E-state index contributed by atoms with van der Waals surface area (Å²) in [5, 5.41) is 7.46. The van der Waals surface area contributed by atoms with Crippen molar-refractivity contribution in [3.63, 3.8) is 0 Å². The van der Waals surface area contributed by atoms with Crippen LogP contribution >= 0.6 is 0 Å². The van der Waals surface area contributed by atoms with Crippen LogP contribution in [0.2, 0.25) is 0 Å². The zero-order valence-corrected chi connectivity index (χ0v) is 25.7. The Morgan fingerprint density at radius 1 is 0.489 bits per heavy atom. The number of fused-ring (bicyclic) bond motifs is 5. The lowest BCUT2D eigenvalue weighted by atomic mass is 9.84. The second-order valence-corrected chi connectivity index (χ2v) is 12.4. The molecule has 3 heteroatoms. The fraction of sp³-hybridized carbons (Fsp3) is 0.0227. The van der Waals surface area contributed by atoms with Crippen molar-refractivity contribution < 1.29 is 4.74 Å². The zero-order valence-electron chi connectivity index (χ0n) is 25.7. The Morgan fingerprint density at radius 3 is 2.04 bits per heavy atom. The summed E-state index contributed by atoms with van der Waals surface area (Å²) in [4.78, 5) is 4.80. The minimum Gasteiger partial charge on any atom is -0.453 e. The SMILES string of the molecule is Cc1nc2cccc3c2n1-c1ccc(-c2ccc4c(-c5ccccc5)c5ccccc5c(-c5cccc6ccccc56)c4c2)cc1O3. The number of benzene rings is 8. The van der Waals surface area contributed by atoms with E-state index in [1.807, 2.05) is 18.2 Å². The molecular weight excluding hydrogens is 572 g/mol. The molecule has 0 saturated carbocycles. The van der Waals surface area contributed by atoms with Crippen LogP contribution in [0.25, 0.3) is 82.4 Å². The van der Waals surface area contributed by atoms with Gasteiger partial charge in [0.1, 0.15) is 11.3 Å². The Kier molecular flexibility index (Phi) is 5.49. The maximum atomic E-state index is 6.53. The number of ether oxygens (including phenoxy) is 1. The number of aromatic nitrogens is 2. The third-order valence-corrected chi connectivity index (χ3v) is 9.71. The lowest BCUT2D eigenvalue weighted by Crippen LogP contribution is -2.05. The summed E-state index contributed by atoms with van der Waals surface area (Å²) in [6, 6.07) is 54.6. The van der Waals surface area contributed by atoms with Gasteiger partial charge >= 0.3 is 0 Å². The second-order valence-electron chi connectivity index (χ2n) is 12.4. The Bertz CT molecular complexity index is 2720. The Hall–Kier alpha value is -6.19. The van der Waals surface area contributed by atoms with Crippen molar-refractivity contribution in [1.29, 1.82) is 0 Å². The number of nitrogens with zero attached hydrogens (tertiary/aromatic N) is 2. The van der Waals surface area contributed by atoms with E-state index in [2.05, 4.69) is 145 Å². The monoisotopic (exact) mass is 600 g/mol. The minimum atomic E-state index is 0.835. The molecule has 0 spiro atoms. The molecule has 0 bridgehead atoms. The lowest BCUT2D eigenvalue weighted by Gasteiger charge is -2.22. The molecule has 0 radical (unpaired) electrons. The van der Waals surface area contributed by atoms with Crippen molar-refractivity contribution in [3.05, 3.63) is 157 Å². The molecule has 1 aliphatic heterocycles. The van der Waals surface area contributed by atoms with Crippen molar-refractivity contribution in [2.24, 2.45) is 0 Å². The van der Waals surface area contributed by atoms with E-state index < -0.39 is 0 Å². The summed E-state index contributed by atoms with van der Waals surface area (Å²) in [5.41, 5.74) is 10.2. The number of rotatable bonds is 3. The number of para-hydroxylation sites is 1. The first-order valence-electron chi connectivity index (χ1n) is 16.1. The topological polar surface area (TPSA) is 27.1 Å². The third kappa shape index (κ3) is 3.84. The standard InChI is InChI=1S/C44H28N2O/c1-27-45-38-19-10-20-40-44(38)46(27)39-24-22-31(26-41(39)47-40)30-21-23-36-37(25-30)43(33-18-9-14-28-11-5-6-15-32(28)33)35-17-8-7-16-34(35)42(36)29-12-3-2-4-13-29/h2-26H,1H3. The summed E-state index contributed by atoms with van der Waals surface area (Å²) in [5.74, 6) is 2.63. The second kappa shape index (κ2) is 9.90. The van der Waals surface area contributed by atoms with Crippen LogP contribution in [0.1, 0.15) is 5.82 Å². The van der Waals surface area contributed by atoms with Gasteiger partial charge in [-0.1, -0.05) is 121 Å². The first-order chi connectivity index (χ1) is 23.2. The molecule has 1 aliphatic rings. The summed E-state index contributed by atoms with van der Waals surface area (Å²) in [7, 11) is 0. The van der Waals surface area contributed by atoms with Gasteiger partial charge in [0, 0.05) is 0 Å². The average molecular weight is 601 g/mol. The molecule has 0 fully saturated rings. The van der Waals surface area contributed by atoms with E-state index in [0.717, 1.165) is 45.2 Å². The number of imidazole rings is 1. The van der Waals surface area contributed by atoms with E-state index >= 15 is 0 Å². The normalized spacial score (nSPS) is 12.1. The minimum absolute atomic E-state index is 0.835. The van der Waals surface area contributed by atoms with Gasteiger partial charge in [0.2, 0.25) is 0 Å². The van der Waals surface area contributed by atoms with E-state index in [9.17, 15) is 0 Å². The van der Waals surface area contributed by atoms with Crippen molar-refractivity contribution in [2.75, 3.05) is 0 Å². The quantitative estimate of drug-likeness (QED) is 0.189. The maximum Gasteiger partial charge on any atom is 0.153 e. The Labute approximate surface area is 271 Å². The van der Waals surface area contributed by atoms with Gasteiger partial charge in [-0.3, -0.25) is 4.57 Å². The highest BCUT2D eigenvalue weighted by Crippen LogP contribution is 2.47. The highest BCUT2D eigenvalue weighted by Gasteiger charge is 2.24. The number of hydrogen-bond donors (Lipinski definition) is 0. The molecule has 1 aromatic heterocycles. The molecule has 0 amide bonds. The summed E-state index contributed by atoms with van der Waals surface area (Å²) in [6.07, 6.45) is 0. The summed E-state index contributed by atoms with van der Waals surface area (Å²) < 4.78 is 8.74. The van der Waals surface area contributed by atoms with Crippen molar-refractivity contribution in [3.8, 4) is 50.6 Å². The molecule has 0 aliphatic carbocycles. The van der Waals surface area contributed by atoms with E-state index in [0.29, 0.717) is 0 Å². The number of aryl methyl sites for hydroxylation is 1. The van der Waals surface area contributed by atoms with Gasteiger partial charge in [-0.2, -0.15) is 0 Å². The molecule has 9 aromatic rings. The molecule has 0 atom stereocenters. The van der Waals surface area contributed by atoms with E-state index in [1.165, 1.54) is 54.6 Å². The molecule has 47 heavy (non-hydrogen) atoms. The fourth-order valence-electron chi connectivity index (χ4n) is 7.67. The molecule has 220 valence electrons. The van der Waals surface area contributed by atoms with Crippen molar-refractivity contribution >= 4 is 43.4 Å². The molecule has 0 saturated heterocycles. The van der Waals surface area contributed by atoms with Crippen LogP contribution in [-0.4, -0.2) is 9.55 Å². The molecule has 3 nitrogen and oxygen atoms in total. The van der Waals surface area contributed by atoms with Crippen LogP contribution < -0.4 is 4.74 Å². The highest BCUT2D eigenvalue weighted by atomic mass is 16.5. The maximum absolute atomic E-state index is 6.53. The molecule has 10 rings (SSSR count). The smallest absolute Gasteiger partial charge is 0.153 e. The van der Waals surface area contributed by atoms with Crippen LogP contribution in [0.3, 0.4) is 0 Å². The predicted octanol–water partition coefficient (Wildman–Crippen LogP) is 11.9. The first kappa shape index (κ1) is 26.1. The van der Waals surface area contributed by atoms with Gasteiger partial charge in [-0.05, 0) is 103 Å².